The van der Waals surface area contributed by atoms with E-state index in [1.165, 1.54) is 4.90 Å². The monoisotopic (exact) mass is 247 g/mol. The van der Waals surface area contributed by atoms with Gasteiger partial charge in [0.1, 0.15) is 0 Å². The Bertz CT molecular complexity index is 232. The highest BCUT2D eigenvalue weighted by atomic mass is 16.5. The van der Waals surface area contributed by atoms with Gasteiger partial charge in [-0.25, -0.2) is 0 Å². The summed E-state index contributed by atoms with van der Waals surface area (Å²) in [5, 5.41) is 8.45. The first-order valence-electron chi connectivity index (χ1n) is 5.60. The summed E-state index contributed by atoms with van der Waals surface area (Å²) >= 11 is 0. The molecule has 0 aliphatic rings. The maximum absolute atomic E-state index is 11.5. The van der Waals surface area contributed by atoms with Gasteiger partial charge in [-0.2, -0.15) is 0 Å². The third-order valence-corrected chi connectivity index (χ3v) is 2.20. The van der Waals surface area contributed by atoms with Crippen LogP contribution in [0.5, 0.6) is 0 Å². The first kappa shape index (κ1) is 15.9. The molecule has 0 bridgehead atoms. The van der Waals surface area contributed by atoms with E-state index in [0.29, 0.717) is 39.2 Å². The number of carboxylic acid groups (broad SMARTS) is 1. The molecule has 6 heteroatoms. The van der Waals surface area contributed by atoms with E-state index in [1.54, 1.807) is 14.2 Å². The van der Waals surface area contributed by atoms with E-state index in [1.807, 2.05) is 0 Å². The van der Waals surface area contributed by atoms with E-state index in [9.17, 15) is 9.59 Å². The predicted molar refractivity (Wildman–Crippen MR) is 61.8 cm³/mol. The normalized spacial score (nSPS) is 10.2. The summed E-state index contributed by atoms with van der Waals surface area (Å²) in [6, 6.07) is 0. The lowest BCUT2D eigenvalue weighted by atomic mass is 10.3. The highest BCUT2D eigenvalue weighted by Crippen LogP contribution is 1.97. The highest BCUT2D eigenvalue weighted by molar-refractivity contribution is 5.76. The Balaban J connectivity index is 3.50. The Morgan fingerprint density at radius 3 is 2.47 bits per heavy atom. The molecule has 1 amide bonds. The fraction of sp³-hybridized carbons (Fsp3) is 0.818. The van der Waals surface area contributed by atoms with Crippen molar-refractivity contribution in [1.82, 2.24) is 4.90 Å². The third-order valence-electron chi connectivity index (χ3n) is 2.20. The molecule has 0 unspecified atom stereocenters. The molecular formula is C11H21NO5. The molecule has 0 radical (unpaired) electrons. The molecule has 0 heterocycles. The molecule has 0 saturated heterocycles. The fourth-order valence-electron chi connectivity index (χ4n) is 1.19. The van der Waals surface area contributed by atoms with Gasteiger partial charge in [0.2, 0.25) is 5.91 Å². The van der Waals surface area contributed by atoms with Gasteiger partial charge < -0.3 is 19.5 Å². The number of nitrogens with zero attached hydrogens (tertiary/aromatic N) is 1. The van der Waals surface area contributed by atoms with Gasteiger partial charge in [0.25, 0.3) is 0 Å². The van der Waals surface area contributed by atoms with Crippen molar-refractivity contribution in [2.24, 2.45) is 0 Å². The highest BCUT2D eigenvalue weighted by Gasteiger charge is 2.08. The number of aliphatic carboxylic acids is 1. The molecule has 0 saturated carbocycles. The maximum Gasteiger partial charge on any atom is 0.303 e. The summed E-state index contributed by atoms with van der Waals surface area (Å²) in [6.07, 6.45) is 0.872. The van der Waals surface area contributed by atoms with Crippen molar-refractivity contribution in [2.45, 2.75) is 19.3 Å². The van der Waals surface area contributed by atoms with Gasteiger partial charge in [0, 0.05) is 27.1 Å². The minimum atomic E-state index is -0.839. The SMILES string of the molecule is COCCOCCC(=O)N(C)CCCC(=O)O. The lowest BCUT2D eigenvalue weighted by Gasteiger charge is -2.16. The topological polar surface area (TPSA) is 76.1 Å². The summed E-state index contributed by atoms with van der Waals surface area (Å²) in [7, 11) is 3.25. The second kappa shape index (κ2) is 10.0. The molecular weight excluding hydrogens is 226 g/mol. The number of ether oxygens (including phenoxy) is 2. The zero-order valence-corrected chi connectivity index (χ0v) is 10.5. The molecule has 0 aromatic heterocycles. The van der Waals surface area contributed by atoms with Crippen molar-refractivity contribution in [1.29, 1.82) is 0 Å². The number of hydrogen-bond acceptors (Lipinski definition) is 4. The van der Waals surface area contributed by atoms with Crippen LogP contribution in [0.1, 0.15) is 19.3 Å². The van der Waals surface area contributed by atoms with Gasteiger partial charge >= 0.3 is 5.97 Å². The van der Waals surface area contributed by atoms with E-state index in [4.69, 9.17) is 14.6 Å². The fourth-order valence-corrected chi connectivity index (χ4v) is 1.19. The molecule has 0 aliphatic carbocycles. The van der Waals surface area contributed by atoms with Crippen LogP contribution in [-0.4, -0.2) is 62.4 Å². The Morgan fingerprint density at radius 1 is 1.18 bits per heavy atom. The maximum atomic E-state index is 11.5. The summed E-state index contributed by atoms with van der Waals surface area (Å²) in [5.41, 5.74) is 0. The van der Waals surface area contributed by atoms with E-state index < -0.39 is 5.97 Å². The molecule has 6 nitrogen and oxygen atoms in total. The van der Waals surface area contributed by atoms with E-state index in [2.05, 4.69) is 0 Å². The minimum absolute atomic E-state index is 0.0344. The van der Waals surface area contributed by atoms with Crippen molar-refractivity contribution < 1.29 is 24.2 Å². The molecule has 0 atom stereocenters. The predicted octanol–water partition coefficient (Wildman–Crippen LogP) is 0.363. The second-order valence-corrected chi connectivity index (χ2v) is 3.67. The molecule has 17 heavy (non-hydrogen) atoms. The van der Waals surface area contributed by atoms with E-state index in [-0.39, 0.29) is 12.3 Å². The van der Waals surface area contributed by atoms with Gasteiger partial charge in [-0.05, 0) is 6.42 Å². The smallest absolute Gasteiger partial charge is 0.303 e. The van der Waals surface area contributed by atoms with Gasteiger partial charge in [0.15, 0.2) is 0 Å². The Hall–Kier alpha value is -1.14. The lowest BCUT2D eigenvalue weighted by Crippen LogP contribution is -2.29. The summed E-state index contributed by atoms with van der Waals surface area (Å²) in [4.78, 5) is 23.3. The Labute approximate surface area is 101 Å². The van der Waals surface area contributed by atoms with Crippen molar-refractivity contribution >= 4 is 11.9 Å². The summed E-state index contributed by atoms with van der Waals surface area (Å²) < 4.78 is 9.97. The molecule has 0 aliphatic heterocycles. The summed E-state index contributed by atoms with van der Waals surface area (Å²) in [5.74, 6) is -0.874. The van der Waals surface area contributed by atoms with Crippen molar-refractivity contribution in [3.63, 3.8) is 0 Å². The lowest BCUT2D eigenvalue weighted by molar-refractivity contribution is -0.138. The van der Waals surface area contributed by atoms with Crippen LogP contribution >= 0.6 is 0 Å². The van der Waals surface area contributed by atoms with Crippen LogP contribution in [0.15, 0.2) is 0 Å². The number of carbonyl (C=O) groups excluding carboxylic acids is 1. The van der Waals surface area contributed by atoms with Crippen molar-refractivity contribution in [2.75, 3.05) is 40.5 Å². The van der Waals surface area contributed by atoms with E-state index >= 15 is 0 Å². The minimum Gasteiger partial charge on any atom is -0.481 e. The number of carbonyl (C=O) groups is 2. The van der Waals surface area contributed by atoms with Gasteiger partial charge in [-0.3, -0.25) is 9.59 Å². The molecule has 1 N–H and O–H groups in total. The largest absolute Gasteiger partial charge is 0.481 e. The van der Waals surface area contributed by atoms with Gasteiger partial charge in [-0.15, -0.1) is 0 Å². The summed E-state index contributed by atoms with van der Waals surface area (Å²) in [6.45, 7) is 1.82. The molecule has 0 rings (SSSR count). The number of carboxylic acids is 1. The molecule has 100 valence electrons. The third kappa shape index (κ3) is 9.77. The quantitative estimate of drug-likeness (QED) is 0.564. The molecule has 0 spiro atoms. The first-order valence-corrected chi connectivity index (χ1v) is 5.60. The second-order valence-electron chi connectivity index (χ2n) is 3.67. The Morgan fingerprint density at radius 2 is 1.88 bits per heavy atom. The van der Waals surface area contributed by atoms with Crippen molar-refractivity contribution in [3.8, 4) is 0 Å². The number of amides is 1. The first-order chi connectivity index (χ1) is 8.07. The number of hydrogen-bond donors (Lipinski definition) is 1. The number of methoxy groups -OCH3 is 1. The average molecular weight is 247 g/mol. The van der Waals surface area contributed by atoms with Crippen LogP contribution in [0.3, 0.4) is 0 Å². The molecule has 0 aromatic rings. The van der Waals surface area contributed by atoms with E-state index in [0.717, 1.165) is 0 Å². The van der Waals surface area contributed by atoms with Crippen LogP contribution < -0.4 is 0 Å². The molecule has 0 aromatic carbocycles. The zero-order valence-electron chi connectivity index (χ0n) is 10.5. The number of rotatable bonds is 10. The van der Waals surface area contributed by atoms with Crippen molar-refractivity contribution in [3.05, 3.63) is 0 Å². The standard InChI is InChI=1S/C11H21NO5/c1-12(6-3-4-11(14)15)10(13)5-7-17-9-8-16-2/h3-9H2,1-2H3,(H,14,15). The van der Waals surface area contributed by atoms with Crippen LogP contribution in [0, 0.1) is 0 Å². The van der Waals surface area contributed by atoms with Gasteiger partial charge in [0.05, 0.1) is 26.2 Å². The van der Waals surface area contributed by atoms with Gasteiger partial charge in [-0.1, -0.05) is 0 Å². The average Bonchev–Trinajstić information content (AvgIpc) is 2.27. The zero-order chi connectivity index (χ0) is 13.1. The van der Waals surface area contributed by atoms with Crippen LogP contribution in [0.2, 0.25) is 0 Å². The van der Waals surface area contributed by atoms with Crippen LogP contribution in [0.4, 0.5) is 0 Å². The van der Waals surface area contributed by atoms with Crippen LogP contribution in [0.25, 0.3) is 0 Å². The van der Waals surface area contributed by atoms with Crippen LogP contribution in [-0.2, 0) is 19.1 Å². The molecule has 0 fully saturated rings. The Kier molecular flexibility index (Phi) is 9.37.